The SMILES string of the molecule is O=C(C[C@@H]1NC(=O)N(CCc2ccccc2)C1=O)Nc1cccnc1. The lowest BCUT2D eigenvalue weighted by Crippen LogP contribution is -2.34. The van der Waals surface area contributed by atoms with E-state index < -0.39 is 12.1 Å². The number of anilines is 1. The molecule has 7 nitrogen and oxygen atoms in total. The molecular formula is C18H18N4O3. The van der Waals surface area contributed by atoms with Crippen LogP contribution >= 0.6 is 0 Å². The summed E-state index contributed by atoms with van der Waals surface area (Å²) in [5.41, 5.74) is 1.59. The summed E-state index contributed by atoms with van der Waals surface area (Å²) in [6.45, 7) is 0.287. The molecule has 1 atom stereocenters. The molecule has 2 aromatic rings. The Kier molecular flexibility index (Phi) is 5.03. The molecule has 1 fully saturated rings. The van der Waals surface area contributed by atoms with Gasteiger partial charge in [0.1, 0.15) is 6.04 Å². The van der Waals surface area contributed by atoms with Gasteiger partial charge in [-0.1, -0.05) is 30.3 Å². The van der Waals surface area contributed by atoms with Crippen molar-refractivity contribution in [2.24, 2.45) is 0 Å². The molecule has 1 aliphatic rings. The summed E-state index contributed by atoms with van der Waals surface area (Å²) in [5.74, 6) is -0.723. The van der Waals surface area contributed by atoms with Gasteiger partial charge in [0.25, 0.3) is 5.91 Å². The highest BCUT2D eigenvalue weighted by Crippen LogP contribution is 2.12. The number of rotatable bonds is 6. The lowest BCUT2D eigenvalue weighted by atomic mass is 10.1. The van der Waals surface area contributed by atoms with Gasteiger partial charge in [-0.25, -0.2) is 4.79 Å². The van der Waals surface area contributed by atoms with Crippen molar-refractivity contribution in [3.05, 3.63) is 60.4 Å². The van der Waals surface area contributed by atoms with Crippen LogP contribution in [0.15, 0.2) is 54.9 Å². The molecular weight excluding hydrogens is 320 g/mol. The lowest BCUT2D eigenvalue weighted by molar-refractivity contribution is -0.129. The topological polar surface area (TPSA) is 91.4 Å². The van der Waals surface area contributed by atoms with Gasteiger partial charge in [-0.3, -0.25) is 19.5 Å². The number of nitrogens with one attached hydrogen (secondary N) is 2. The normalized spacial score (nSPS) is 16.6. The van der Waals surface area contributed by atoms with Crippen LogP contribution in [0.2, 0.25) is 0 Å². The predicted octanol–water partition coefficient (Wildman–Crippen LogP) is 1.57. The first-order chi connectivity index (χ1) is 12.1. The average Bonchev–Trinajstić information content (AvgIpc) is 2.88. The fraction of sp³-hybridized carbons (Fsp3) is 0.222. The van der Waals surface area contributed by atoms with E-state index in [1.807, 2.05) is 30.3 Å². The number of amides is 4. The molecule has 0 aliphatic carbocycles. The van der Waals surface area contributed by atoms with Crippen molar-refractivity contribution in [2.45, 2.75) is 18.9 Å². The van der Waals surface area contributed by atoms with Gasteiger partial charge in [0, 0.05) is 12.7 Å². The second-order valence-electron chi connectivity index (χ2n) is 5.72. The Hall–Kier alpha value is -3.22. The van der Waals surface area contributed by atoms with Crippen LogP contribution in [-0.2, 0) is 16.0 Å². The Morgan fingerprint density at radius 2 is 1.96 bits per heavy atom. The molecule has 1 aromatic heterocycles. The average molecular weight is 338 g/mol. The summed E-state index contributed by atoms with van der Waals surface area (Å²) in [6, 6.07) is 11.7. The Balaban J connectivity index is 1.54. The molecule has 0 spiro atoms. The number of hydrogen-bond donors (Lipinski definition) is 2. The van der Waals surface area contributed by atoms with E-state index in [4.69, 9.17) is 0 Å². The molecule has 0 radical (unpaired) electrons. The third kappa shape index (κ3) is 4.20. The van der Waals surface area contributed by atoms with Crippen molar-refractivity contribution in [1.82, 2.24) is 15.2 Å². The quantitative estimate of drug-likeness (QED) is 0.782. The first-order valence-electron chi connectivity index (χ1n) is 7.99. The molecule has 7 heteroatoms. The monoisotopic (exact) mass is 338 g/mol. The van der Waals surface area contributed by atoms with E-state index in [2.05, 4.69) is 15.6 Å². The molecule has 0 unspecified atom stereocenters. The van der Waals surface area contributed by atoms with Gasteiger partial charge in [0.05, 0.1) is 18.3 Å². The van der Waals surface area contributed by atoms with Gasteiger partial charge in [-0.05, 0) is 24.1 Å². The van der Waals surface area contributed by atoms with E-state index in [1.165, 1.54) is 6.20 Å². The minimum atomic E-state index is -0.833. The second-order valence-corrected chi connectivity index (χ2v) is 5.72. The van der Waals surface area contributed by atoms with Crippen molar-refractivity contribution in [3.8, 4) is 0 Å². The molecule has 0 bridgehead atoms. The molecule has 4 amide bonds. The number of pyridine rings is 1. The summed E-state index contributed by atoms with van der Waals surface area (Å²) < 4.78 is 0. The van der Waals surface area contributed by atoms with Gasteiger partial charge in [-0.2, -0.15) is 0 Å². The van der Waals surface area contributed by atoms with Gasteiger partial charge in [-0.15, -0.1) is 0 Å². The van der Waals surface area contributed by atoms with Crippen LogP contribution in [0.5, 0.6) is 0 Å². The molecule has 0 saturated carbocycles. The van der Waals surface area contributed by atoms with Crippen molar-refractivity contribution in [1.29, 1.82) is 0 Å². The summed E-state index contributed by atoms with van der Waals surface area (Å²) in [7, 11) is 0. The summed E-state index contributed by atoms with van der Waals surface area (Å²) in [4.78, 5) is 41.5. The smallest absolute Gasteiger partial charge is 0.324 e. The first kappa shape index (κ1) is 16.6. The van der Waals surface area contributed by atoms with Crippen molar-refractivity contribution in [3.63, 3.8) is 0 Å². The maximum absolute atomic E-state index is 12.4. The van der Waals surface area contributed by atoms with Gasteiger partial charge >= 0.3 is 6.03 Å². The third-order valence-electron chi connectivity index (χ3n) is 3.91. The summed E-state index contributed by atoms with van der Waals surface area (Å²) >= 11 is 0. The van der Waals surface area contributed by atoms with Crippen LogP contribution in [-0.4, -0.2) is 40.3 Å². The Morgan fingerprint density at radius 3 is 2.68 bits per heavy atom. The molecule has 2 heterocycles. The van der Waals surface area contributed by atoms with E-state index in [1.54, 1.807) is 18.3 Å². The van der Waals surface area contributed by atoms with E-state index in [-0.39, 0.29) is 24.8 Å². The van der Waals surface area contributed by atoms with E-state index in [0.717, 1.165) is 10.5 Å². The molecule has 1 saturated heterocycles. The minimum absolute atomic E-state index is 0.110. The zero-order valence-corrected chi connectivity index (χ0v) is 13.5. The highest BCUT2D eigenvalue weighted by molar-refractivity contribution is 6.06. The summed E-state index contributed by atoms with van der Waals surface area (Å²) in [6.07, 6.45) is 3.58. The fourth-order valence-electron chi connectivity index (χ4n) is 2.65. The lowest BCUT2D eigenvalue weighted by Gasteiger charge is -2.13. The highest BCUT2D eigenvalue weighted by Gasteiger charge is 2.38. The molecule has 25 heavy (non-hydrogen) atoms. The highest BCUT2D eigenvalue weighted by atomic mass is 16.2. The van der Waals surface area contributed by atoms with Crippen LogP contribution in [0, 0.1) is 0 Å². The number of carbonyl (C=O) groups excluding carboxylic acids is 3. The maximum Gasteiger partial charge on any atom is 0.324 e. The Labute approximate surface area is 145 Å². The van der Waals surface area contributed by atoms with Crippen molar-refractivity contribution in [2.75, 3.05) is 11.9 Å². The number of hydrogen-bond acceptors (Lipinski definition) is 4. The molecule has 1 aliphatic heterocycles. The number of carbonyl (C=O) groups is 3. The zero-order chi connectivity index (χ0) is 17.6. The van der Waals surface area contributed by atoms with Crippen LogP contribution in [0.1, 0.15) is 12.0 Å². The van der Waals surface area contributed by atoms with E-state index in [9.17, 15) is 14.4 Å². The number of aromatic nitrogens is 1. The van der Waals surface area contributed by atoms with Gasteiger partial charge in [0.15, 0.2) is 0 Å². The zero-order valence-electron chi connectivity index (χ0n) is 13.5. The fourth-order valence-corrected chi connectivity index (χ4v) is 2.65. The molecule has 1 aromatic carbocycles. The second kappa shape index (κ2) is 7.57. The van der Waals surface area contributed by atoms with Gasteiger partial charge in [0.2, 0.25) is 5.91 Å². The van der Waals surface area contributed by atoms with Crippen LogP contribution < -0.4 is 10.6 Å². The van der Waals surface area contributed by atoms with Crippen molar-refractivity contribution >= 4 is 23.5 Å². The number of benzene rings is 1. The minimum Gasteiger partial charge on any atom is -0.325 e. The molecule has 128 valence electrons. The number of imide groups is 1. The predicted molar refractivity (Wildman–Crippen MR) is 91.7 cm³/mol. The van der Waals surface area contributed by atoms with Crippen molar-refractivity contribution < 1.29 is 14.4 Å². The van der Waals surface area contributed by atoms with E-state index >= 15 is 0 Å². The van der Waals surface area contributed by atoms with Crippen LogP contribution in [0.4, 0.5) is 10.5 Å². The van der Waals surface area contributed by atoms with Crippen LogP contribution in [0.3, 0.4) is 0 Å². The molecule has 3 rings (SSSR count). The summed E-state index contributed by atoms with van der Waals surface area (Å²) in [5, 5.41) is 5.22. The molecule has 2 N–H and O–H groups in total. The Bertz CT molecular complexity index is 764. The van der Waals surface area contributed by atoms with Crippen LogP contribution in [0.25, 0.3) is 0 Å². The third-order valence-corrected chi connectivity index (χ3v) is 3.91. The largest absolute Gasteiger partial charge is 0.325 e. The standard InChI is InChI=1S/C18H18N4O3/c23-16(20-14-7-4-9-19-12-14)11-15-17(24)22(18(25)21-15)10-8-13-5-2-1-3-6-13/h1-7,9,12,15H,8,10-11H2,(H,20,23)(H,21,25)/t15-/m0/s1. The van der Waals surface area contributed by atoms with Gasteiger partial charge < -0.3 is 10.6 Å². The Morgan fingerprint density at radius 1 is 1.16 bits per heavy atom. The maximum atomic E-state index is 12.4. The van der Waals surface area contributed by atoms with E-state index in [0.29, 0.717) is 12.1 Å². The number of urea groups is 1. The number of nitrogens with zero attached hydrogens (tertiary/aromatic N) is 2. The first-order valence-corrected chi connectivity index (χ1v) is 7.99.